The molecule has 3 aromatic rings. The van der Waals surface area contributed by atoms with Gasteiger partial charge < -0.3 is 19.2 Å². The average molecular weight is 422 g/mol. The van der Waals surface area contributed by atoms with Gasteiger partial charge in [0, 0.05) is 35.5 Å². The van der Waals surface area contributed by atoms with E-state index in [-0.39, 0.29) is 5.91 Å². The lowest BCUT2D eigenvalue weighted by molar-refractivity contribution is -0.115. The summed E-state index contributed by atoms with van der Waals surface area (Å²) >= 11 is 6.21. The largest absolute Gasteiger partial charge is 0.497 e. The second-order valence-electron chi connectivity index (χ2n) is 5.96. The molecule has 3 heterocycles. The number of rotatable bonds is 3. The number of carbonyl (C=O) groups excluding carboxylic acids is 1. The summed E-state index contributed by atoms with van der Waals surface area (Å²) in [4.78, 5) is 16.6. The normalized spacial score (nSPS) is 14.6. The van der Waals surface area contributed by atoms with Crippen molar-refractivity contribution < 1.29 is 18.7 Å². The van der Waals surface area contributed by atoms with Gasteiger partial charge in [0.15, 0.2) is 5.58 Å². The Balaban J connectivity index is 1.71. The Bertz CT molecular complexity index is 1210. The fourth-order valence-electron chi connectivity index (χ4n) is 2.71. The summed E-state index contributed by atoms with van der Waals surface area (Å²) in [6.07, 6.45) is 4.98. The van der Waals surface area contributed by atoms with E-state index >= 15 is 0 Å². The first-order chi connectivity index (χ1) is 14.1. The number of amides is 1. The summed E-state index contributed by atoms with van der Waals surface area (Å²) in [5.74, 6) is 7.78. The number of furan rings is 1. The first-order valence-electron chi connectivity index (χ1n) is 8.43. The molecule has 0 bridgehead atoms. The molecular formula is C21H14N2O4S2. The van der Waals surface area contributed by atoms with Gasteiger partial charge in [-0.15, -0.1) is 0 Å². The van der Waals surface area contributed by atoms with E-state index in [0.717, 1.165) is 10.9 Å². The minimum atomic E-state index is -0.231. The average Bonchev–Trinajstić information content (AvgIpc) is 3.28. The van der Waals surface area contributed by atoms with Crippen molar-refractivity contribution in [3.05, 3.63) is 58.5 Å². The Morgan fingerprint density at radius 3 is 2.55 bits per heavy atom. The zero-order valence-corrected chi connectivity index (χ0v) is 17.1. The summed E-state index contributed by atoms with van der Waals surface area (Å²) in [6.45, 7) is 0. The van der Waals surface area contributed by atoms with Crippen LogP contribution in [0.15, 0.2) is 46.0 Å². The monoisotopic (exact) mass is 422 g/mol. The van der Waals surface area contributed by atoms with Crippen LogP contribution in [0.1, 0.15) is 16.9 Å². The Labute approximate surface area is 176 Å². The van der Waals surface area contributed by atoms with Crippen LogP contribution in [0.25, 0.3) is 17.0 Å². The lowest BCUT2D eigenvalue weighted by Crippen LogP contribution is -2.17. The molecule has 4 rings (SSSR count). The number of pyridine rings is 1. The van der Waals surface area contributed by atoms with E-state index in [1.165, 1.54) is 11.8 Å². The van der Waals surface area contributed by atoms with Crippen LogP contribution in [0.4, 0.5) is 0 Å². The number of hydrogen-bond donors (Lipinski definition) is 1. The molecule has 1 saturated heterocycles. The highest BCUT2D eigenvalue weighted by Gasteiger charge is 2.22. The summed E-state index contributed by atoms with van der Waals surface area (Å²) < 4.78 is 16.9. The zero-order chi connectivity index (χ0) is 20.4. The van der Waals surface area contributed by atoms with Crippen molar-refractivity contribution in [3.8, 4) is 23.3 Å². The van der Waals surface area contributed by atoms with E-state index in [0.29, 0.717) is 37.6 Å². The van der Waals surface area contributed by atoms with Gasteiger partial charge in [-0.25, -0.2) is 0 Å². The Kier molecular flexibility index (Phi) is 5.25. The number of ether oxygens (including phenoxy) is 2. The van der Waals surface area contributed by atoms with Gasteiger partial charge in [0.05, 0.1) is 24.7 Å². The second-order valence-corrected chi connectivity index (χ2v) is 7.68. The molecule has 8 heteroatoms. The summed E-state index contributed by atoms with van der Waals surface area (Å²) in [7, 11) is 3.18. The number of thiocarbonyl (C=S) groups is 1. The van der Waals surface area contributed by atoms with E-state index in [9.17, 15) is 4.79 Å². The van der Waals surface area contributed by atoms with Gasteiger partial charge in [-0.05, 0) is 18.2 Å². The van der Waals surface area contributed by atoms with E-state index in [1.54, 1.807) is 38.8 Å². The van der Waals surface area contributed by atoms with Gasteiger partial charge in [0.25, 0.3) is 5.91 Å². The number of thioether (sulfide) groups is 1. The molecule has 1 N–H and O–H groups in total. The van der Waals surface area contributed by atoms with Crippen LogP contribution < -0.4 is 14.8 Å². The van der Waals surface area contributed by atoms with Gasteiger partial charge in [-0.2, -0.15) is 0 Å². The minimum absolute atomic E-state index is 0.231. The predicted molar refractivity (Wildman–Crippen MR) is 116 cm³/mol. The Hall–Kier alpha value is -3.28. The molecule has 0 saturated carbocycles. The van der Waals surface area contributed by atoms with Crippen LogP contribution in [0, 0.1) is 11.8 Å². The number of methoxy groups -OCH3 is 2. The molecule has 1 aromatic carbocycles. The van der Waals surface area contributed by atoms with Crippen LogP contribution in [0.2, 0.25) is 0 Å². The molecule has 29 heavy (non-hydrogen) atoms. The van der Waals surface area contributed by atoms with E-state index < -0.39 is 0 Å². The number of benzene rings is 1. The molecular weight excluding hydrogens is 408 g/mol. The smallest absolute Gasteiger partial charge is 0.263 e. The number of nitrogens with zero attached hydrogens (tertiary/aromatic N) is 1. The van der Waals surface area contributed by atoms with Crippen molar-refractivity contribution in [1.29, 1.82) is 0 Å². The van der Waals surface area contributed by atoms with Gasteiger partial charge >= 0.3 is 0 Å². The standard InChI is InChI=1S/C21H14N2O4S2/c1-25-15-5-12(6-16(8-15)26-2)3-4-13-10-22-11-14-7-17(27-19(13)14)9-18-20(24)23-21(28)29-18/h5-11H,1-2H3,(H,23,24,28)/b18-9-. The molecule has 1 amide bonds. The van der Waals surface area contributed by atoms with Crippen molar-refractivity contribution in [3.63, 3.8) is 0 Å². The molecule has 6 nitrogen and oxygen atoms in total. The van der Waals surface area contributed by atoms with Crippen LogP contribution >= 0.6 is 24.0 Å². The molecule has 0 atom stereocenters. The van der Waals surface area contributed by atoms with Crippen LogP contribution in [-0.4, -0.2) is 29.4 Å². The Morgan fingerprint density at radius 1 is 1.14 bits per heavy atom. The van der Waals surface area contributed by atoms with Gasteiger partial charge in [0.1, 0.15) is 21.6 Å². The minimum Gasteiger partial charge on any atom is -0.497 e. The third-order valence-electron chi connectivity index (χ3n) is 4.05. The predicted octanol–water partition coefficient (Wildman–Crippen LogP) is 3.73. The fourth-order valence-corrected chi connectivity index (χ4v) is 3.74. The maximum Gasteiger partial charge on any atom is 0.263 e. The highest BCUT2D eigenvalue weighted by molar-refractivity contribution is 8.26. The molecule has 0 unspecified atom stereocenters. The second kappa shape index (κ2) is 7.99. The van der Waals surface area contributed by atoms with Crippen molar-refractivity contribution in [1.82, 2.24) is 10.3 Å². The molecule has 1 aliphatic heterocycles. The Morgan fingerprint density at radius 2 is 1.90 bits per heavy atom. The lowest BCUT2D eigenvalue weighted by atomic mass is 10.1. The fraction of sp³-hybridized carbons (Fsp3) is 0.0952. The zero-order valence-electron chi connectivity index (χ0n) is 15.4. The number of fused-ring (bicyclic) bond motifs is 1. The van der Waals surface area contributed by atoms with E-state index in [2.05, 4.69) is 22.1 Å². The first-order valence-corrected chi connectivity index (χ1v) is 9.65. The van der Waals surface area contributed by atoms with Crippen LogP contribution in [0.3, 0.4) is 0 Å². The maximum absolute atomic E-state index is 11.9. The lowest BCUT2D eigenvalue weighted by Gasteiger charge is -2.04. The van der Waals surface area contributed by atoms with Crippen LogP contribution in [-0.2, 0) is 4.79 Å². The first kappa shape index (κ1) is 19.1. The molecule has 0 radical (unpaired) electrons. The van der Waals surface area contributed by atoms with E-state index in [4.69, 9.17) is 26.1 Å². The maximum atomic E-state index is 11.9. The van der Waals surface area contributed by atoms with Crippen LogP contribution in [0.5, 0.6) is 11.5 Å². The number of nitrogens with one attached hydrogen (secondary N) is 1. The van der Waals surface area contributed by atoms with Crippen molar-refractivity contribution >= 4 is 51.3 Å². The molecule has 0 spiro atoms. The van der Waals surface area contributed by atoms with E-state index in [1.807, 2.05) is 18.2 Å². The topological polar surface area (TPSA) is 73.6 Å². The van der Waals surface area contributed by atoms with Crippen molar-refractivity contribution in [2.45, 2.75) is 0 Å². The molecule has 2 aromatic heterocycles. The van der Waals surface area contributed by atoms with Gasteiger partial charge in [-0.3, -0.25) is 9.78 Å². The number of hydrogen-bond acceptors (Lipinski definition) is 7. The summed E-state index contributed by atoms with van der Waals surface area (Å²) in [6, 6.07) is 7.23. The van der Waals surface area contributed by atoms with Gasteiger partial charge in [0.2, 0.25) is 0 Å². The number of carbonyl (C=O) groups is 1. The SMILES string of the molecule is COc1cc(C#Cc2cncc3cc(/C=C4\SC(=S)NC4=O)oc23)cc(OC)c1. The quantitative estimate of drug-likeness (QED) is 0.392. The van der Waals surface area contributed by atoms with Gasteiger partial charge in [-0.1, -0.05) is 35.8 Å². The van der Waals surface area contributed by atoms with Crippen molar-refractivity contribution in [2.24, 2.45) is 0 Å². The molecule has 0 aliphatic carbocycles. The molecule has 1 fully saturated rings. The van der Waals surface area contributed by atoms with Crippen molar-refractivity contribution in [2.75, 3.05) is 14.2 Å². The molecule has 144 valence electrons. The highest BCUT2D eigenvalue weighted by atomic mass is 32.2. The highest BCUT2D eigenvalue weighted by Crippen LogP contribution is 2.29. The third-order valence-corrected chi connectivity index (χ3v) is 5.21. The summed E-state index contributed by atoms with van der Waals surface area (Å²) in [5.41, 5.74) is 1.97. The molecule has 1 aliphatic rings. The number of aromatic nitrogens is 1. The third kappa shape index (κ3) is 4.11. The summed E-state index contributed by atoms with van der Waals surface area (Å²) in [5, 5.41) is 3.37.